The predicted molar refractivity (Wildman–Crippen MR) is 58.6 cm³/mol. The number of hydrogen-bond donors (Lipinski definition) is 0. The van der Waals surface area contributed by atoms with Crippen molar-refractivity contribution in [3.05, 3.63) is 29.5 Å². The van der Waals surface area contributed by atoms with Gasteiger partial charge in [-0.1, -0.05) is 5.16 Å². The molecule has 5 nitrogen and oxygen atoms in total. The van der Waals surface area contributed by atoms with E-state index in [1.54, 1.807) is 0 Å². The van der Waals surface area contributed by atoms with Gasteiger partial charge in [0.2, 0.25) is 0 Å². The molecule has 0 amide bonds. The van der Waals surface area contributed by atoms with Crippen molar-refractivity contribution < 1.29 is 30.3 Å². The number of nitrogens with zero attached hydrogens (tertiary/aromatic N) is 1. The Kier molecular flexibility index (Phi) is 3.27. The minimum Gasteiger partial charge on any atom is -0.356 e. The second kappa shape index (κ2) is 4.49. The molecule has 0 N–H and O–H groups in total. The largest absolute Gasteiger partial charge is 0.416 e. The molecule has 0 unspecified atom stereocenters. The second-order valence-electron chi connectivity index (χ2n) is 3.80. The van der Waals surface area contributed by atoms with Crippen molar-refractivity contribution >= 4 is 21.1 Å². The van der Waals surface area contributed by atoms with Gasteiger partial charge in [-0.25, -0.2) is 0 Å². The van der Waals surface area contributed by atoms with Crippen LogP contribution in [0.2, 0.25) is 0 Å². The number of halogens is 3. The SMILES string of the molecule is CS(=O)(=O)OCc1noc2ccc(C(F)(F)F)cc12. The molecule has 104 valence electrons. The van der Waals surface area contributed by atoms with Crippen molar-refractivity contribution in [3.63, 3.8) is 0 Å². The third kappa shape index (κ3) is 3.24. The van der Waals surface area contributed by atoms with Crippen LogP contribution < -0.4 is 0 Å². The van der Waals surface area contributed by atoms with Gasteiger partial charge in [-0.3, -0.25) is 4.18 Å². The third-order valence-electron chi connectivity index (χ3n) is 2.28. The lowest BCUT2D eigenvalue weighted by molar-refractivity contribution is -0.137. The summed E-state index contributed by atoms with van der Waals surface area (Å²) in [6.45, 7) is -0.479. The van der Waals surface area contributed by atoms with Gasteiger partial charge in [0.25, 0.3) is 10.1 Å². The molecule has 0 saturated carbocycles. The van der Waals surface area contributed by atoms with Gasteiger partial charge in [-0.05, 0) is 18.2 Å². The van der Waals surface area contributed by atoms with Gasteiger partial charge >= 0.3 is 6.18 Å². The number of aromatic nitrogens is 1. The lowest BCUT2D eigenvalue weighted by Crippen LogP contribution is -2.05. The van der Waals surface area contributed by atoms with E-state index in [0.717, 1.165) is 24.5 Å². The first kappa shape index (κ1) is 13.8. The monoisotopic (exact) mass is 295 g/mol. The topological polar surface area (TPSA) is 69.4 Å². The number of fused-ring (bicyclic) bond motifs is 1. The van der Waals surface area contributed by atoms with Gasteiger partial charge in [0.05, 0.1) is 11.8 Å². The maximum absolute atomic E-state index is 12.6. The van der Waals surface area contributed by atoms with Crippen LogP contribution in [0.15, 0.2) is 22.7 Å². The van der Waals surface area contributed by atoms with E-state index in [0.29, 0.717) is 0 Å². The highest BCUT2D eigenvalue weighted by Crippen LogP contribution is 2.32. The lowest BCUT2D eigenvalue weighted by Gasteiger charge is -2.05. The first-order valence-electron chi connectivity index (χ1n) is 4.97. The first-order valence-corrected chi connectivity index (χ1v) is 6.78. The van der Waals surface area contributed by atoms with Crippen molar-refractivity contribution in [3.8, 4) is 0 Å². The maximum atomic E-state index is 12.6. The van der Waals surface area contributed by atoms with E-state index in [-0.39, 0.29) is 16.7 Å². The zero-order chi connectivity index (χ0) is 14.3. The third-order valence-corrected chi connectivity index (χ3v) is 2.83. The average Bonchev–Trinajstić information content (AvgIpc) is 2.66. The smallest absolute Gasteiger partial charge is 0.356 e. The number of alkyl halides is 3. The molecule has 0 aliphatic carbocycles. The van der Waals surface area contributed by atoms with Crippen LogP contribution in [0, 0.1) is 0 Å². The quantitative estimate of drug-likeness (QED) is 0.813. The average molecular weight is 295 g/mol. The van der Waals surface area contributed by atoms with Crippen molar-refractivity contribution in [2.45, 2.75) is 12.8 Å². The van der Waals surface area contributed by atoms with Crippen molar-refractivity contribution in [2.24, 2.45) is 0 Å². The van der Waals surface area contributed by atoms with Crippen LogP contribution in [0.1, 0.15) is 11.3 Å². The molecule has 19 heavy (non-hydrogen) atoms. The molecule has 0 bridgehead atoms. The van der Waals surface area contributed by atoms with E-state index >= 15 is 0 Å². The highest BCUT2D eigenvalue weighted by atomic mass is 32.2. The van der Waals surface area contributed by atoms with E-state index in [4.69, 9.17) is 4.52 Å². The predicted octanol–water partition coefficient (Wildman–Crippen LogP) is 2.32. The molecule has 0 spiro atoms. The van der Waals surface area contributed by atoms with Gasteiger partial charge in [0.1, 0.15) is 12.3 Å². The number of hydrogen-bond acceptors (Lipinski definition) is 5. The Morgan fingerprint density at radius 1 is 1.37 bits per heavy atom. The summed E-state index contributed by atoms with van der Waals surface area (Å²) in [6.07, 6.45) is -3.67. The molecule has 1 aromatic heterocycles. The Labute approximate surface area is 106 Å². The Balaban J connectivity index is 2.40. The van der Waals surface area contributed by atoms with Crippen LogP contribution in [0.3, 0.4) is 0 Å². The van der Waals surface area contributed by atoms with E-state index in [1.807, 2.05) is 0 Å². The summed E-state index contributed by atoms with van der Waals surface area (Å²) in [5.74, 6) is 0. The van der Waals surface area contributed by atoms with Crippen molar-refractivity contribution in [1.29, 1.82) is 0 Å². The van der Waals surface area contributed by atoms with E-state index in [9.17, 15) is 21.6 Å². The molecule has 0 aliphatic heterocycles. The van der Waals surface area contributed by atoms with Crippen molar-refractivity contribution in [2.75, 3.05) is 6.26 Å². The summed E-state index contributed by atoms with van der Waals surface area (Å²) < 4.78 is 68.6. The van der Waals surface area contributed by atoms with Gasteiger partial charge < -0.3 is 4.52 Å². The molecular weight excluding hydrogens is 287 g/mol. The first-order chi connectivity index (χ1) is 8.67. The molecule has 0 saturated heterocycles. The lowest BCUT2D eigenvalue weighted by atomic mass is 10.1. The van der Waals surface area contributed by atoms with E-state index < -0.39 is 28.5 Å². The molecule has 0 aliphatic rings. The Bertz CT molecular complexity index is 705. The fourth-order valence-electron chi connectivity index (χ4n) is 1.43. The molecule has 0 radical (unpaired) electrons. The summed E-state index contributed by atoms with van der Waals surface area (Å²) in [6, 6.07) is 2.82. The zero-order valence-corrected chi connectivity index (χ0v) is 10.4. The van der Waals surface area contributed by atoms with Gasteiger partial charge in [-0.15, -0.1) is 0 Å². The highest BCUT2D eigenvalue weighted by molar-refractivity contribution is 7.85. The molecule has 2 rings (SSSR count). The van der Waals surface area contributed by atoms with E-state index in [1.165, 1.54) is 0 Å². The second-order valence-corrected chi connectivity index (χ2v) is 5.45. The number of benzene rings is 1. The molecular formula is C10H8F3NO4S. The molecule has 1 heterocycles. The summed E-state index contributed by atoms with van der Waals surface area (Å²) >= 11 is 0. The highest BCUT2D eigenvalue weighted by Gasteiger charge is 2.31. The minimum atomic E-state index is -4.50. The van der Waals surface area contributed by atoms with Crippen LogP contribution in [0.25, 0.3) is 11.0 Å². The van der Waals surface area contributed by atoms with Crippen LogP contribution in [0.5, 0.6) is 0 Å². The van der Waals surface area contributed by atoms with Gasteiger partial charge in [0, 0.05) is 5.39 Å². The van der Waals surface area contributed by atoms with Crippen LogP contribution in [0.4, 0.5) is 13.2 Å². The van der Waals surface area contributed by atoms with Crippen LogP contribution >= 0.6 is 0 Å². The number of rotatable bonds is 3. The summed E-state index contributed by atoms with van der Waals surface area (Å²) in [4.78, 5) is 0. The Morgan fingerprint density at radius 2 is 2.05 bits per heavy atom. The Hall–Kier alpha value is -1.61. The minimum absolute atomic E-state index is 0.00785. The summed E-state index contributed by atoms with van der Waals surface area (Å²) in [5.41, 5.74) is -0.754. The van der Waals surface area contributed by atoms with E-state index in [2.05, 4.69) is 9.34 Å². The standard InChI is InChI=1S/C10H8F3NO4S/c1-19(15,16)17-5-8-7-4-6(10(11,12)13)2-3-9(7)18-14-8/h2-4H,5H2,1H3. The fourth-order valence-corrected chi connectivity index (χ4v) is 1.76. The normalized spacial score (nSPS) is 13.1. The van der Waals surface area contributed by atoms with Gasteiger partial charge in [0.15, 0.2) is 5.58 Å². The fraction of sp³-hybridized carbons (Fsp3) is 0.300. The zero-order valence-electron chi connectivity index (χ0n) is 9.56. The molecule has 1 aromatic carbocycles. The molecule has 0 atom stereocenters. The molecule has 9 heteroatoms. The van der Waals surface area contributed by atoms with Crippen molar-refractivity contribution in [1.82, 2.24) is 5.16 Å². The summed E-state index contributed by atoms with van der Waals surface area (Å²) in [5, 5.41) is 3.56. The molecule has 2 aromatic rings. The maximum Gasteiger partial charge on any atom is 0.416 e. The van der Waals surface area contributed by atoms with Crippen LogP contribution in [-0.4, -0.2) is 19.8 Å². The van der Waals surface area contributed by atoms with Crippen LogP contribution in [-0.2, 0) is 27.1 Å². The Morgan fingerprint density at radius 3 is 2.63 bits per heavy atom. The van der Waals surface area contributed by atoms with Gasteiger partial charge in [-0.2, -0.15) is 21.6 Å². The molecule has 0 fully saturated rings. The summed E-state index contributed by atoms with van der Waals surface area (Å²) in [7, 11) is -3.71.